The zero-order chi connectivity index (χ0) is 9.10. The minimum atomic E-state index is 0.447. The SMILES string of the molecule is CCC1OCCC1c1ccccc1. The van der Waals surface area contributed by atoms with E-state index in [-0.39, 0.29) is 0 Å². The molecule has 0 radical (unpaired) electrons. The van der Waals surface area contributed by atoms with Crippen molar-refractivity contribution in [1.29, 1.82) is 0 Å². The molecule has 1 nitrogen and oxygen atoms in total. The van der Waals surface area contributed by atoms with Crippen LogP contribution in [0, 0.1) is 0 Å². The van der Waals surface area contributed by atoms with Gasteiger partial charge in [0.2, 0.25) is 0 Å². The molecule has 1 heterocycles. The van der Waals surface area contributed by atoms with E-state index < -0.39 is 0 Å². The molecule has 0 N–H and O–H groups in total. The van der Waals surface area contributed by atoms with Gasteiger partial charge in [-0.25, -0.2) is 0 Å². The predicted octanol–water partition coefficient (Wildman–Crippen LogP) is 2.97. The average molecular weight is 176 g/mol. The second kappa shape index (κ2) is 3.93. The third kappa shape index (κ3) is 1.75. The summed E-state index contributed by atoms with van der Waals surface area (Å²) >= 11 is 0. The Labute approximate surface area is 79.7 Å². The van der Waals surface area contributed by atoms with Crippen molar-refractivity contribution in [3.63, 3.8) is 0 Å². The summed E-state index contributed by atoms with van der Waals surface area (Å²) < 4.78 is 5.67. The minimum Gasteiger partial charge on any atom is -0.378 e. The fraction of sp³-hybridized carbons (Fsp3) is 0.500. The van der Waals surface area contributed by atoms with Gasteiger partial charge in [0, 0.05) is 12.5 Å². The lowest BCUT2D eigenvalue weighted by atomic mass is 9.91. The van der Waals surface area contributed by atoms with Gasteiger partial charge in [0.15, 0.2) is 0 Å². The van der Waals surface area contributed by atoms with Gasteiger partial charge in [-0.3, -0.25) is 0 Å². The van der Waals surface area contributed by atoms with Gasteiger partial charge >= 0.3 is 0 Å². The van der Waals surface area contributed by atoms with Gasteiger partial charge in [-0.05, 0) is 18.4 Å². The lowest BCUT2D eigenvalue weighted by Crippen LogP contribution is -2.12. The average Bonchev–Trinajstić information content (AvgIpc) is 2.67. The standard InChI is InChI=1S/C12H16O/c1-2-12-11(8-9-13-12)10-6-4-3-5-7-10/h3-7,11-12H,2,8-9H2,1H3. The first-order valence-corrected chi connectivity index (χ1v) is 5.08. The molecule has 1 heteroatoms. The number of benzene rings is 1. The number of rotatable bonds is 2. The Kier molecular flexibility index (Phi) is 2.65. The van der Waals surface area contributed by atoms with Gasteiger partial charge in [0.25, 0.3) is 0 Å². The highest BCUT2D eigenvalue weighted by atomic mass is 16.5. The quantitative estimate of drug-likeness (QED) is 0.673. The van der Waals surface area contributed by atoms with Gasteiger partial charge in [-0.1, -0.05) is 37.3 Å². The molecule has 0 aliphatic carbocycles. The number of hydrogen-bond acceptors (Lipinski definition) is 1. The molecule has 0 bridgehead atoms. The largest absolute Gasteiger partial charge is 0.378 e. The van der Waals surface area contributed by atoms with Crippen LogP contribution in [-0.4, -0.2) is 12.7 Å². The Morgan fingerprint density at radius 3 is 2.77 bits per heavy atom. The summed E-state index contributed by atoms with van der Waals surface area (Å²) in [5, 5.41) is 0. The van der Waals surface area contributed by atoms with Crippen LogP contribution < -0.4 is 0 Å². The second-order valence-electron chi connectivity index (χ2n) is 3.62. The van der Waals surface area contributed by atoms with Gasteiger partial charge in [-0.15, -0.1) is 0 Å². The van der Waals surface area contributed by atoms with E-state index in [4.69, 9.17) is 4.74 Å². The summed E-state index contributed by atoms with van der Waals surface area (Å²) in [6.45, 7) is 3.13. The molecule has 2 unspecified atom stereocenters. The number of hydrogen-bond donors (Lipinski definition) is 0. The third-order valence-corrected chi connectivity index (χ3v) is 2.84. The maximum absolute atomic E-state index is 5.67. The minimum absolute atomic E-state index is 0.447. The summed E-state index contributed by atoms with van der Waals surface area (Å²) in [7, 11) is 0. The normalized spacial score (nSPS) is 27.8. The maximum Gasteiger partial charge on any atom is 0.0641 e. The van der Waals surface area contributed by atoms with Crippen LogP contribution in [0.1, 0.15) is 31.2 Å². The lowest BCUT2D eigenvalue weighted by Gasteiger charge is -2.16. The van der Waals surface area contributed by atoms with Crippen molar-refractivity contribution >= 4 is 0 Å². The summed E-state index contributed by atoms with van der Waals surface area (Å²) in [5.74, 6) is 0.631. The molecule has 1 saturated heterocycles. The van der Waals surface area contributed by atoms with Gasteiger partial charge in [-0.2, -0.15) is 0 Å². The van der Waals surface area contributed by atoms with Crippen LogP contribution in [0.4, 0.5) is 0 Å². The molecule has 0 spiro atoms. The van der Waals surface area contributed by atoms with Crippen LogP contribution in [0.3, 0.4) is 0 Å². The Balaban J connectivity index is 2.16. The Bertz CT molecular complexity index is 255. The molecule has 1 aromatic carbocycles. The Hall–Kier alpha value is -0.820. The second-order valence-corrected chi connectivity index (χ2v) is 3.62. The molecule has 1 aliphatic rings. The van der Waals surface area contributed by atoms with Crippen molar-refractivity contribution in [2.24, 2.45) is 0 Å². The molecular weight excluding hydrogens is 160 g/mol. The highest BCUT2D eigenvalue weighted by Gasteiger charge is 2.27. The molecule has 70 valence electrons. The van der Waals surface area contributed by atoms with Crippen molar-refractivity contribution in [2.75, 3.05) is 6.61 Å². The van der Waals surface area contributed by atoms with E-state index in [2.05, 4.69) is 37.3 Å². The summed E-state index contributed by atoms with van der Waals surface area (Å²) in [6.07, 6.45) is 2.75. The third-order valence-electron chi connectivity index (χ3n) is 2.84. The molecule has 2 rings (SSSR count). The molecule has 2 atom stereocenters. The first kappa shape index (κ1) is 8.76. The van der Waals surface area contributed by atoms with Crippen molar-refractivity contribution in [3.05, 3.63) is 35.9 Å². The molecule has 13 heavy (non-hydrogen) atoms. The highest BCUT2D eigenvalue weighted by Crippen LogP contribution is 2.32. The molecule has 0 aromatic heterocycles. The van der Waals surface area contributed by atoms with E-state index in [1.807, 2.05) is 0 Å². The zero-order valence-corrected chi connectivity index (χ0v) is 8.07. The monoisotopic (exact) mass is 176 g/mol. The van der Waals surface area contributed by atoms with Crippen molar-refractivity contribution in [1.82, 2.24) is 0 Å². The van der Waals surface area contributed by atoms with Gasteiger partial charge in [0.05, 0.1) is 6.10 Å². The Morgan fingerprint density at radius 2 is 2.08 bits per heavy atom. The molecular formula is C12H16O. The predicted molar refractivity (Wildman–Crippen MR) is 53.8 cm³/mol. The Morgan fingerprint density at radius 1 is 1.31 bits per heavy atom. The first-order valence-electron chi connectivity index (χ1n) is 5.08. The molecule has 1 fully saturated rings. The molecule has 1 aliphatic heterocycles. The molecule has 1 aromatic rings. The zero-order valence-electron chi connectivity index (χ0n) is 8.07. The highest BCUT2D eigenvalue weighted by molar-refractivity contribution is 5.21. The fourth-order valence-electron chi connectivity index (χ4n) is 2.13. The van der Waals surface area contributed by atoms with E-state index >= 15 is 0 Å². The van der Waals surface area contributed by atoms with E-state index in [9.17, 15) is 0 Å². The lowest BCUT2D eigenvalue weighted by molar-refractivity contribution is 0.101. The molecule has 0 amide bonds. The van der Waals surface area contributed by atoms with Crippen molar-refractivity contribution in [3.8, 4) is 0 Å². The smallest absolute Gasteiger partial charge is 0.0641 e. The van der Waals surface area contributed by atoms with E-state index in [1.54, 1.807) is 0 Å². The summed E-state index contributed by atoms with van der Waals surface area (Å²) in [5.41, 5.74) is 1.44. The first-order chi connectivity index (χ1) is 6.42. The van der Waals surface area contributed by atoms with Crippen molar-refractivity contribution in [2.45, 2.75) is 31.8 Å². The van der Waals surface area contributed by atoms with Crippen LogP contribution in [0.5, 0.6) is 0 Å². The summed E-state index contributed by atoms with van der Waals surface area (Å²) in [6, 6.07) is 10.7. The van der Waals surface area contributed by atoms with Crippen LogP contribution in [0.2, 0.25) is 0 Å². The van der Waals surface area contributed by atoms with Crippen LogP contribution in [0.15, 0.2) is 30.3 Å². The maximum atomic E-state index is 5.67. The fourth-order valence-corrected chi connectivity index (χ4v) is 2.13. The summed E-state index contributed by atoms with van der Waals surface area (Å²) in [4.78, 5) is 0. The van der Waals surface area contributed by atoms with Gasteiger partial charge in [0.1, 0.15) is 0 Å². The molecule has 0 saturated carbocycles. The van der Waals surface area contributed by atoms with Crippen molar-refractivity contribution < 1.29 is 4.74 Å². The van der Waals surface area contributed by atoms with Gasteiger partial charge < -0.3 is 4.74 Å². The topological polar surface area (TPSA) is 9.23 Å². The van der Waals surface area contributed by atoms with E-state index in [1.165, 1.54) is 12.0 Å². The van der Waals surface area contributed by atoms with E-state index in [0.717, 1.165) is 13.0 Å². The van der Waals surface area contributed by atoms with Crippen LogP contribution >= 0.6 is 0 Å². The van der Waals surface area contributed by atoms with Crippen LogP contribution in [0.25, 0.3) is 0 Å². The number of ether oxygens (including phenoxy) is 1. The van der Waals surface area contributed by atoms with Crippen LogP contribution in [-0.2, 0) is 4.74 Å². The van der Waals surface area contributed by atoms with E-state index in [0.29, 0.717) is 12.0 Å².